The second-order valence-corrected chi connectivity index (χ2v) is 9.82. The minimum atomic E-state index is -0.520. The molecule has 34 heavy (non-hydrogen) atoms. The van der Waals surface area contributed by atoms with Crippen LogP contribution in [-0.2, 0) is 20.9 Å². The van der Waals surface area contributed by atoms with Gasteiger partial charge in [-0.25, -0.2) is 0 Å². The number of aliphatic hydroxyl groups excluding tert-OH is 1. The molecule has 0 unspecified atom stereocenters. The van der Waals surface area contributed by atoms with Crippen LogP contribution >= 0.6 is 11.6 Å². The first-order valence-corrected chi connectivity index (χ1v) is 12.3. The lowest BCUT2D eigenvalue weighted by Gasteiger charge is -2.37. The van der Waals surface area contributed by atoms with Gasteiger partial charge in [0, 0.05) is 34.7 Å². The van der Waals surface area contributed by atoms with Crippen molar-refractivity contribution < 1.29 is 24.2 Å². The quantitative estimate of drug-likeness (QED) is 0.555. The van der Waals surface area contributed by atoms with Gasteiger partial charge in [-0.05, 0) is 55.2 Å². The van der Waals surface area contributed by atoms with Crippen LogP contribution in [0.4, 0.5) is 5.69 Å². The van der Waals surface area contributed by atoms with Crippen LogP contribution in [0.25, 0.3) is 0 Å². The summed E-state index contributed by atoms with van der Waals surface area (Å²) >= 11 is 5.91. The third-order valence-corrected chi connectivity index (χ3v) is 7.31. The second kappa shape index (κ2) is 9.94. The van der Waals surface area contributed by atoms with Crippen LogP contribution in [0.1, 0.15) is 49.1 Å². The number of ether oxygens (including phenoxy) is 2. The fraction of sp³-hybridized carbons (Fsp3) is 0.462. The molecule has 0 aromatic heterocycles. The van der Waals surface area contributed by atoms with Gasteiger partial charge in [-0.15, -0.1) is 0 Å². The van der Waals surface area contributed by atoms with Gasteiger partial charge in [0.15, 0.2) is 0 Å². The van der Waals surface area contributed by atoms with E-state index in [4.69, 9.17) is 21.1 Å². The molecule has 0 bridgehead atoms. The van der Waals surface area contributed by atoms with Crippen LogP contribution in [0.15, 0.2) is 42.5 Å². The van der Waals surface area contributed by atoms with Crippen molar-refractivity contribution in [3.05, 3.63) is 58.6 Å². The van der Waals surface area contributed by atoms with Gasteiger partial charge in [0.05, 0.1) is 19.1 Å². The predicted octanol–water partition coefficient (Wildman–Crippen LogP) is 3.78. The van der Waals surface area contributed by atoms with E-state index in [2.05, 4.69) is 10.6 Å². The molecule has 1 saturated heterocycles. The number of hydrogen-bond donors (Lipinski definition) is 3. The molecule has 7 nitrogen and oxygen atoms in total. The number of aliphatic hydroxyl groups is 1. The minimum absolute atomic E-state index is 0.0180. The van der Waals surface area contributed by atoms with Crippen LogP contribution in [0.3, 0.4) is 0 Å². The normalized spacial score (nSPS) is 25.5. The number of halogens is 1. The van der Waals surface area contributed by atoms with Crippen LogP contribution < -0.4 is 15.4 Å². The molecule has 180 valence electrons. The molecule has 2 aromatic carbocycles. The zero-order valence-corrected chi connectivity index (χ0v) is 19.6. The summed E-state index contributed by atoms with van der Waals surface area (Å²) in [6, 6.07) is 13.0. The number of hydrogen-bond acceptors (Lipinski definition) is 5. The highest BCUT2D eigenvalue weighted by molar-refractivity contribution is 6.30. The lowest BCUT2D eigenvalue weighted by atomic mass is 9.83. The zero-order valence-electron chi connectivity index (χ0n) is 18.8. The maximum absolute atomic E-state index is 12.6. The van der Waals surface area contributed by atoms with Gasteiger partial charge < -0.3 is 25.2 Å². The molecular formula is C26H29ClN2O5. The van der Waals surface area contributed by atoms with Crippen molar-refractivity contribution >= 4 is 29.1 Å². The van der Waals surface area contributed by atoms with Crippen LogP contribution in [0.5, 0.6) is 5.75 Å². The highest BCUT2D eigenvalue weighted by Crippen LogP contribution is 2.47. The molecule has 2 amide bonds. The summed E-state index contributed by atoms with van der Waals surface area (Å²) in [5, 5.41) is 16.5. The number of benzene rings is 2. The van der Waals surface area contributed by atoms with Crippen molar-refractivity contribution in [1.82, 2.24) is 5.32 Å². The molecule has 4 atom stereocenters. The van der Waals surface area contributed by atoms with E-state index in [0.717, 1.165) is 41.8 Å². The second-order valence-electron chi connectivity index (χ2n) is 9.38. The molecule has 5 rings (SSSR count). The molecule has 0 spiro atoms. The van der Waals surface area contributed by atoms with Crippen molar-refractivity contribution in [2.75, 3.05) is 11.9 Å². The summed E-state index contributed by atoms with van der Waals surface area (Å²) in [7, 11) is 0. The van der Waals surface area contributed by atoms with Gasteiger partial charge in [0.1, 0.15) is 18.0 Å². The first kappa shape index (κ1) is 23.1. The SMILES string of the molecule is O=C(C[C@H]1C[C@@H]2c3cc(NC(=O)C4CCC4)ccc3O[C@@H]2[C@H](CO)O1)NCc1ccc(Cl)cc1. The number of nitrogens with one attached hydrogen (secondary N) is 2. The minimum Gasteiger partial charge on any atom is -0.487 e. The lowest BCUT2D eigenvalue weighted by molar-refractivity contribution is -0.142. The summed E-state index contributed by atoms with van der Waals surface area (Å²) < 4.78 is 12.2. The van der Waals surface area contributed by atoms with Crippen LogP contribution in [0, 0.1) is 5.92 Å². The Morgan fingerprint density at radius 3 is 2.62 bits per heavy atom. The predicted molar refractivity (Wildman–Crippen MR) is 128 cm³/mol. The van der Waals surface area contributed by atoms with Gasteiger partial charge in [0.25, 0.3) is 0 Å². The van der Waals surface area contributed by atoms with Gasteiger partial charge in [0.2, 0.25) is 11.8 Å². The van der Waals surface area contributed by atoms with E-state index in [1.165, 1.54) is 0 Å². The Bertz CT molecular complexity index is 1060. The molecule has 2 heterocycles. The van der Waals surface area contributed by atoms with Crippen molar-refractivity contribution in [3.63, 3.8) is 0 Å². The summed E-state index contributed by atoms with van der Waals surface area (Å²) in [4.78, 5) is 25.0. The first-order chi connectivity index (χ1) is 16.5. The highest BCUT2D eigenvalue weighted by Gasteiger charge is 2.46. The van der Waals surface area contributed by atoms with E-state index in [0.29, 0.717) is 18.0 Å². The Morgan fingerprint density at radius 2 is 1.91 bits per heavy atom. The molecule has 1 aliphatic carbocycles. The molecule has 0 radical (unpaired) electrons. The molecule has 2 fully saturated rings. The number of anilines is 1. The molecule has 1 saturated carbocycles. The molecular weight excluding hydrogens is 456 g/mol. The summed E-state index contributed by atoms with van der Waals surface area (Å²) in [6.07, 6.45) is 2.62. The highest BCUT2D eigenvalue weighted by atomic mass is 35.5. The Labute approximate surface area is 203 Å². The first-order valence-electron chi connectivity index (χ1n) is 11.9. The summed E-state index contributed by atoms with van der Waals surface area (Å²) in [5.41, 5.74) is 2.71. The average Bonchev–Trinajstić information content (AvgIpc) is 3.15. The molecule has 3 N–H and O–H groups in total. The summed E-state index contributed by atoms with van der Waals surface area (Å²) in [6.45, 7) is 0.220. The maximum atomic E-state index is 12.6. The topological polar surface area (TPSA) is 96.9 Å². The molecule has 2 aliphatic heterocycles. The number of carbonyl (C=O) groups is 2. The average molecular weight is 485 g/mol. The van der Waals surface area contributed by atoms with E-state index in [9.17, 15) is 14.7 Å². The molecule has 2 aromatic rings. The van der Waals surface area contributed by atoms with Crippen molar-refractivity contribution in [2.24, 2.45) is 5.92 Å². The van der Waals surface area contributed by atoms with E-state index < -0.39 is 6.10 Å². The smallest absolute Gasteiger partial charge is 0.227 e. The number of amides is 2. The van der Waals surface area contributed by atoms with Crippen molar-refractivity contribution in [2.45, 2.75) is 62.9 Å². The van der Waals surface area contributed by atoms with Gasteiger partial charge in [-0.3, -0.25) is 9.59 Å². The molecule has 8 heteroatoms. The van der Waals surface area contributed by atoms with Crippen LogP contribution in [0.2, 0.25) is 5.02 Å². The lowest BCUT2D eigenvalue weighted by Crippen LogP contribution is -2.47. The largest absolute Gasteiger partial charge is 0.487 e. The number of fused-ring (bicyclic) bond motifs is 3. The monoisotopic (exact) mass is 484 g/mol. The zero-order chi connectivity index (χ0) is 23.7. The third-order valence-electron chi connectivity index (χ3n) is 7.06. The van der Waals surface area contributed by atoms with E-state index >= 15 is 0 Å². The van der Waals surface area contributed by atoms with E-state index in [-0.39, 0.29) is 48.9 Å². The fourth-order valence-corrected chi connectivity index (χ4v) is 5.09. The van der Waals surface area contributed by atoms with Gasteiger partial charge >= 0.3 is 0 Å². The Balaban J connectivity index is 1.23. The van der Waals surface area contributed by atoms with E-state index in [1.807, 2.05) is 30.3 Å². The third kappa shape index (κ3) is 4.92. The van der Waals surface area contributed by atoms with E-state index in [1.54, 1.807) is 12.1 Å². The number of rotatable bonds is 7. The fourth-order valence-electron chi connectivity index (χ4n) is 4.96. The Hall–Kier alpha value is -2.61. The van der Waals surface area contributed by atoms with Gasteiger partial charge in [-0.2, -0.15) is 0 Å². The van der Waals surface area contributed by atoms with Crippen LogP contribution in [-0.4, -0.2) is 41.8 Å². The summed E-state index contributed by atoms with van der Waals surface area (Å²) in [5.74, 6) is 0.782. The molecule has 3 aliphatic rings. The van der Waals surface area contributed by atoms with Crippen molar-refractivity contribution in [1.29, 1.82) is 0 Å². The van der Waals surface area contributed by atoms with Gasteiger partial charge in [-0.1, -0.05) is 30.2 Å². The maximum Gasteiger partial charge on any atom is 0.227 e. The standard InChI is InChI=1S/C26H29ClN2O5/c27-17-6-4-15(5-7-17)13-28-24(31)12-19-11-21-20-10-18(29-26(32)16-2-1-3-16)8-9-22(20)34-25(21)23(14-30)33-19/h4-10,16,19,21,23,25,30H,1-3,11-14H2,(H,28,31)(H,29,32)/t19-,21-,23+,25+/m1/s1. The Morgan fingerprint density at radius 1 is 1.12 bits per heavy atom. The Kier molecular flexibility index (Phi) is 6.77. The van der Waals surface area contributed by atoms with Crippen molar-refractivity contribution in [3.8, 4) is 5.75 Å². The number of carbonyl (C=O) groups excluding carboxylic acids is 2.